The Morgan fingerprint density at radius 2 is 2.29 bits per heavy atom. The number of pyridine rings is 1. The third-order valence-corrected chi connectivity index (χ3v) is 3.56. The van der Waals surface area contributed by atoms with Crippen molar-refractivity contribution in [2.24, 2.45) is 0 Å². The lowest BCUT2D eigenvalue weighted by molar-refractivity contribution is 1.12. The number of nitrogens with one attached hydrogen (secondary N) is 1. The Labute approximate surface area is 109 Å². The van der Waals surface area contributed by atoms with Crippen LogP contribution in [-0.2, 0) is 6.54 Å². The maximum atomic E-state index is 9.05. The zero-order valence-electron chi connectivity index (χ0n) is 9.20. The molecule has 86 valence electrons. The Hall–Kier alpha value is -1.57. The van der Waals surface area contributed by atoms with E-state index in [0.29, 0.717) is 17.9 Å². The Morgan fingerprint density at radius 3 is 2.94 bits per heavy atom. The van der Waals surface area contributed by atoms with Crippen LogP contribution in [0.3, 0.4) is 0 Å². The number of aromatic nitrogens is 1. The second-order valence-electron chi connectivity index (χ2n) is 3.52. The number of hydrogen-bond donors (Lipinski definition) is 1. The lowest BCUT2D eigenvalue weighted by Gasteiger charge is -2.07. The summed E-state index contributed by atoms with van der Waals surface area (Å²) in [6.45, 7) is 2.52. The van der Waals surface area contributed by atoms with Crippen molar-refractivity contribution in [2.75, 3.05) is 5.32 Å². The molecule has 0 spiro atoms. The summed E-state index contributed by atoms with van der Waals surface area (Å²) in [6, 6.07) is 7.80. The minimum atomic E-state index is 0.593. The molecule has 17 heavy (non-hydrogen) atoms. The minimum Gasteiger partial charge on any atom is -0.364 e. The molecule has 0 aliphatic rings. The molecule has 2 rings (SSSR count). The smallest absolute Gasteiger partial charge is 0.144 e. The molecule has 3 nitrogen and oxygen atoms in total. The van der Waals surface area contributed by atoms with Crippen LogP contribution in [0.1, 0.15) is 16.0 Å². The molecule has 2 aromatic rings. The molecule has 0 unspecified atom stereocenters. The van der Waals surface area contributed by atoms with Crippen LogP contribution in [0.5, 0.6) is 0 Å². The van der Waals surface area contributed by atoms with E-state index >= 15 is 0 Å². The van der Waals surface area contributed by atoms with E-state index in [9.17, 15) is 0 Å². The van der Waals surface area contributed by atoms with Gasteiger partial charge < -0.3 is 5.32 Å². The molecule has 5 heteroatoms. The number of nitrogens with zero attached hydrogens (tertiary/aromatic N) is 2. The first-order chi connectivity index (χ1) is 8.20. The van der Waals surface area contributed by atoms with Gasteiger partial charge in [0.15, 0.2) is 0 Å². The van der Waals surface area contributed by atoms with Crippen LogP contribution in [0, 0.1) is 18.3 Å². The highest BCUT2D eigenvalue weighted by molar-refractivity contribution is 7.16. The van der Waals surface area contributed by atoms with E-state index in [2.05, 4.69) is 16.4 Å². The number of halogens is 1. The third-order valence-electron chi connectivity index (χ3n) is 2.33. The van der Waals surface area contributed by atoms with Crippen molar-refractivity contribution in [3.8, 4) is 6.07 Å². The zero-order chi connectivity index (χ0) is 12.3. The van der Waals surface area contributed by atoms with Crippen LogP contribution < -0.4 is 5.32 Å². The van der Waals surface area contributed by atoms with E-state index in [1.54, 1.807) is 6.20 Å². The topological polar surface area (TPSA) is 48.7 Å². The van der Waals surface area contributed by atoms with Gasteiger partial charge in [0, 0.05) is 11.1 Å². The van der Waals surface area contributed by atoms with Gasteiger partial charge in [-0.15, -0.1) is 11.3 Å². The van der Waals surface area contributed by atoms with E-state index in [1.165, 1.54) is 11.3 Å². The van der Waals surface area contributed by atoms with Crippen molar-refractivity contribution < 1.29 is 0 Å². The van der Waals surface area contributed by atoms with Crippen LogP contribution in [0.4, 0.5) is 5.82 Å². The summed E-state index contributed by atoms with van der Waals surface area (Å²) in [6.07, 6.45) is 1.69. The van der Waals surface area contributed by atoms with Gasteiger partial charge in [0.1, 0.15) is 11.9 Å². The van der Waals surface area contributed by atoms with E-state index < -0.39 is 0 Å². The van der Waals surface area contributed by atoms with Gasteiger partial charge in [-0.2, -0.15) is 5.26 Å². The zero-order valence-corrected chi connectivity index (χ0v) is 10.8. The highest BCUT2D eigenvalue weighted by atomic mass is 35.5. The highest BCUT2D eigenvalue weighted by Crippen LogP contribution is 2.23. The summed E-state index contributed by atoms with van der Waals surface area (Å²) in [5.74, 6) is 0.622. The fourth-order valence-corrected chi connectivity index (χ4v) is 2.48. The molecular formula is C12H10ClN3S. The second-order valence-corrected chi connectivity index (χ2v) is 5.32. The van der Waals surface area contributed by atoms with Gasteiger partial charge >= 0.3 is 0 Å². The monoisotopic (exact) mass is 263 g/mol. The predicted molar refractivity (Wildman–Crippen MR) is 70.3 cm³/mol. The van der Waals surface area contributed by atoms with Gasteiger partial charge in [-0.25, -0.2) is 4.98 Å². The second kappa shape index (κ2) is 5.17. The standard InChI is InChI=1S/C12H10ClN3S/c1-8-4-5-15-12(10(8)6-14)16-7-9-2-3-11(13)17-9/h2-5H,7H2,1H3,(H,15,16). The predicted octanol–water partition coefficient (Wildman–Crippen LogP) is 3.59. The average molecular weight is 264 g/mol. The number of aryl methyl sites for hydroxylation is 1. The van der Waals surface area contributed by atoms with E-state index in [1.807, 2.05) is 25.1 Å². The summed E-state index contributed by atoms with van der Waals surface area (Å²) in [7, 11) is 0. The summed E-state index contributed by atoms with van der Waals surface area (Å²) in [5.41, 5.74) is 1.52. The number of nitriles is 1. The van der Waals surface area contributed by atoms with Gasteiger partial charge in [0.2, 0.25) is 0 Å². The molecule has 0 aromatic carbocycles. The van der Waals surface area contributed by atoms with Crippen molar-refractivity contribution in [3.05, 3.63) is 44.7 Å². The van der Waals surface area contributed by atoms with Crippen molar-refractivity contribution in [3.63, 3.8) is 0 Å². The van der Waals surface area contributed by atoms with Crippen LogP contribution in [0.2, 0.25) is 4.34 Å². The molecule has 2 aromatic heterocycles. The van der Waals surface area contributed by atoms with Gasteiger partial charge in [-0.1, -0.05) is 11.6 Å². The van der Waals surface area contributed by atoms with Gasteiger partial charge in [0.05, 0.1) is 16.4 Å². The van der Waals surface area contributed by atoms with Gasteiger partial charge in [0.25, 0.3) is 0 Å². The molecule has 0 bridgehead atoms. The first-order valence-electron chi connectivity index (χ1n) is 5.04. The maximum Gasteiger partial charge on any atom is 0.144 e. The Morgan fingerprint density at radius 1 is 1.47 bits per heavy atom. The molecular weight excluding hydrogens is 254 g/mol. The molecule has 0 saturated heterocycles. The first kappa shape index (κ1) is 11.9. The normalized spacial score (nSPS) is 9.94. The van der Waals surface area contributed by atoms with E-state index in [4.69, 9.17) is 16.9 Å². The first-order valence-corrected chi connectivity index (χ1v) is 6.24. The summed E-state index contributed by atoms with van der Waals surface area (Å²) < 4.78 is 0.763. The highest BCUT2D eigenvalue weighted by Gasteiger charge is 2.06. The average Bonchev–Trinajstić information content (AvgIpc) is 2.72. The molecule has 0 atom stereocenters. The lowest BCUT2D eigenvalue weighted by Crippen LogP contribution is -2.03. The number of anilines is 1. The Balaban J connectivity index is 2.14. The molecule has 1 N–H and O–H groups in total. The fraction of sp³-hybridized carbons (Fsp3) is 0.167. The fourth-order valence-electron chi connectivity index (χ4n) is 1.45. The molecule has 0 saturated carbocycles. The summed E-state index contributed by atoms with van der Waals surface area (Å²) >= 11 is 7.37. The maximum absolute atomic E-state index is 9.05. The van der Waals surface area contributed by atoms with Crippen molar-refractivity contribution in [1.29, 1.82) is 5.26 Å². The number of hydrogen-bond acceptors (Lipinski definition) is 4. The molecule has 0 radical (unpaired) electrons. The lowest BCUT2D eigenvalue weighted by atomic mass is 10.1. The van der Waals surface area contributed by atoms with Crippen molar-refractivity contribution in [2.45, 2.75) is 13.5 Å². The van der Waals surface area contributed by atoms with Crippen molar-refractivity contribution >= 4 is 28.8 Å². The van der Waals surface area contributed by atoms with Crippen molar-refractivity contribution in [1.82, 2.24) is 4.98 Å². The molecule has 0 aliphatic heterocycles. The minimum absolute atomic E-state index is 0.593. The Kier molecular flexibility index (Phi) is 3.62. The number of rotatable bonds is 3. The van der Waals surface area contributed by atoms with E-state index in [0.717, 1.165) is 14.8 Å². The van der Waals surface area contributed by atoms with Crippen LogP contribution in [0.25, 0.3) is 0 Å². The van der Waals surface area contributed by atoms with Gasteiger partial charge in [-0.3, -0.25) is 0 Å². The van der Waals surface area contributed by atoms with Gasteiger partial charge in [-0.05, 0) is 30.7 Å². The largest absolute Gasteiger partial charge is 0.364 e. The number of thiophene rings is 1. The van der Waals surface area contributed by atoms with Crippen LogP contribution >= 0.6 is 22.9 Å². The SMILES string of the molecule is Cc1ccnc(NCc2ccc(Cl)s2)c1C#N. The third kappa shape index (κ3) is 2.76. The summed E-state index contributed by atoms with van der Waals surface area (Å²) in [4.78, 5) is 5.28. The quantitative estimate of drug-likeness (QED) is 0.921. The molecule has 0 amide bonds. The Bertz CT molecular complexity index is 571. The molecule has 0 fully saturated rings. The van der Waals surface area contributed by atoms with Crippen LogP contribution in [-0.4, -0.2) is 4.98 Å². The van der Waals surface area contributed by atoms with E-state index in [-0.39, 0.29) is 0 Å². The summed E-state index contributed by atoms with van der Waals surface area (Å²) in [5, 5.41) is 12.2. The molecule has 2 heterocycles. The molecule has 0 aliphatic carbocycles. The van der Waals surface area contributed by atoms with Crippen LogP contribution in [0.15, 0.2) is 24.4 Å².